The largest absolute Gasteiger partial charge is 0.380 e. The molecule has 3 rings (SSSR count). The van der Waals surface area contributed by atoms with Gasteiger partial charge in [-0.25, -0.2) is 9.24 Å². The molecule has 2 aromatic carbocycles. The molecule has 0 spiro atoms. The van der Waals surface area contributed by atoms with Crippen LogP contribution in [0.4, 0.5) is 10.1 Å². The van der Waals surface area contributed by atoms with E-state index in [1.807, 2.05) is 0 Å². The molecule has 0 fully saturated rings. The van der Waals surface area contributed by atoms with Crippen LogP contribution in [0.2, 0.25) is 5.02 Å². The highest BCUT2D eigenvalue weighted by Crippen LogP contribution is 2.27. The number of benzene rings is 2. The number of hydrogen-bond acceptors (Lipinski definition) is 2. The van der Waals surface area contributed by atoms with Crippen LogP contribution in [0.25, 0.3) is 15.7 Å². The van der Waals surface area contributed by atoms with Gasteiger partial charge in [0.05, 0.1) is 13.1 Å². The highest BCUT2D eigenvalue weighted by molar-refractivity contribution is 6.33. The summed E-state index contributed by atoms with van der Waals surface area (Å²) in [5, 5.41) is 11.7. The SMILES string of the molecule is [C-]#[N+]c1ccc(CC(=O)[C@@](C)(O)Cn2ccc3cc(F)ccc32)cc1Cl. The van der Waals surface area contributed by atoms with Gasteiger partial charge < -0.3 is 9.67 Å². The summed E-state index contributed by atoms with van der Waals surface area (Å²) < 4.78 is 15.0. The zero-order valence-corrected chi connectivity index (χ0v) is 14.8. The van der Waals surface area contributed by atoms with Crippen molar-refractivity contribution in [2.75, 3.05) is 0 Å². The fourth-order valence-electron chi connectivity index (χ4n) is 2.86. The minimum atomic E-state index is -1.61. The summed E-state index contributed by atoms with van der Waals surface area (Å²) in [5.74, 6) is -0.703. The molecule has 0 bridgehead atoms. The summed E-state index contributed by atoms with van der Waals surface area (Å²) >= 11 is 6.00. The van der Waals surface area contributed by atoms with Crippen LogP contribution in [0.5, 0.6) is 0 Å². The number of carbonyl (C=O) groups is 1. The fourth-order valence-corrected chi connectivity index (χ4v) is 3.10. The van der Waals surface area contributed by atoms with Gasteiger partial charge in [-0.1, -0.05) is 29.8 Å². The third kappa shape index (κ3) is 3.62. The molecule has 0 amide bonds. The lowest BCUT2D eigenvalue weighted by Gasteiger charge is -2.23. The Balaban J connectivity index is 1.79. The summed E-state index contributed by atoms with van der Waals surface area (Å²) in [6.07, 6.45) is 1.71. The van der Waals surface area contributed by atoms with Crippen molar-refractivity contribution in [3.8, 4) is 0 Å². The van der Waals surface area contributed by atoms with Crippen molar-refractivity contribution in [1.82, 2.24) is 4.57 Å². The first kappa shape index (κ1) is 18.1. The third-order valence-corrected chi connectivity index (χ3v) is 4.61. The Morgan fingerprint density at radius 1 is 1.31 bits per heavy atom. The second kappa shape index (κ2) is 6.91. The van der Waals surface area contributed by atoms with E-state index in [1.165, 1.54) is 19.1 Å². The van der Waals surface area contributed by atoms with Crippen molar-refractivity contribution >= 4 is 34.0 Å². The van der Waals surface area contributed by atoms with E-state index in [-0.39, 0.29) is 29.6 Å². The Hall–Kier alpha value is -2.68. The lowest BCUT2D eigenvalue weighted by atomic mass is 9.95. The maximum atomic E-state index is 13.3. The Bertz CT molecular complexity index is 1030. The van der Waals surface area contributed by atoms with Gasteiger partial charge in [0, 0.05) is 28.5 Å². The molecule has 3 aromatic rings. The van der Waals surface area contributed by atoms with Crippen molar-refractivity contribution in [3.05, 3.63) is 76.5 Å². The second-order valence-electron chi connectivity index (χ2n) is 6.42. The number of nitrogens with zero attached hydrogens (tertiary/aromatic N) is 2. The molecule has 1 heterocycles. The molecule has 0 unspecified atom stereocenters. The van der Waals surface area contributed by atoms with Gasteiger partial charge in [-0.15, -0.1) is 0 Å². The van der Waals surface area contributed by atoms with Crippen LogP contribution in [0.3, 0.4) is 0 Å². The molecule has 0 radical (unpaired) electrons. The molecule has 4 nitrogen and oxygen atoms in total. The standard InChI is InChI=1S/C20H16ClFN2O2/c1-20(26,12-24-8-7-14-11-15(22)4-6-18(14)24)19(25)10-13-3-5-17(23-2)16(21)9-13/h3-9,11,26H,10,12H2,1H3/t20-/m0/s1. The van der Waals surface area contributed by atoms with Crippen molar-refractivity contribution in [1.29, 1.82) is 0 Å². The first-order valence-electron chi connectivity index (χ1n) is 7.96. The van der Waals surface area contributed by atoms with Gasteiger partial charge in [0.25, 0.3) is 0 Å². The van der Waals surface area contributed by atoms with Crippen molar-refractivity contribution in [3.63, 3.8) is 0 Å². The summed E-state index contributed by atoms with van der Waals surface area (Å²) in [6.45, 7) is 8.50. The van der Waals surface area contributed by atoms with Crippen LogP contribution in [-0.2, 0) is 17.8 Å². The monoisotopic (exact) mass is 370 g/mol. The lowest BCUT2D eigenvalue weighted by Crippen LogP contribution is -2.40. The molecule has 0 aliphatic rings. The van der Waals surface area contributed by atoms with Crippen LogP contribution < -0.4 is 0 Å². The van der Waals surface area contributed by atoms with Gasteiger partial charge in [0.1, 0.15) is 11.4 Å². The predicted octanol–water partition coefficient (Wildman–Crippen LogP) is 4.55. The average Bonchev–Trinajstić information content (AvgIpc) is 2.96. The summed E-state index contributed by atoms with van der Waals surface area (Å²) in [4.78, 5) is 15.9. The van der Waals surface area contributed by atoms with E-state index in [9.17, 15) is 14.3 Å². The topological polar surface area (TPSA) is 46.6 Å². The van der Waals surface area contributed by atoms with Gasteiger partial charge in [-0.2, -0.15) is 0 Å². The summed E-state index contributed by atoms with van der Waals surface area (Å²) in [5.41, 5.74) is 0.0855. The van der Waals surface area contributed by atoms with Crippen molar-refractivity contribution < 1.29 is 14.3 Å². The van der Waals surface area contributed by atoms with Crippen LogP contribution in [0.1, 0.15) is 12.5 Å². The minimum Gasteiger partial charge on any atom is -0.380 e. The highest BCUT2D eigenvalue weighted by Gasteiger charge is 2.30. The van der Waals surface area contributed by atoms with Gasteiger partial charge in [0.2, 0.25) is 5.69 Å². The van der Waals surface area contributed by atoms with Crippen LogP contribution in [0.15, 0.2) is 48.7 Å². The van der Waals surface area contributed by atoms with E-state index < -0.39 is 5.60 Å². The maximum Gasteiger partial charge on any atom is 0.205 e. The maximum absolute atomic E-state index is 13.3. The lowest BCUT2D eigenvalue weighted by molar-refractivity contribution is -0.136. The number of rotatable bonds is 5. The van der Waals surface area contributed by atoms with Crippen molar-refractivity contribution in [2.24, 2.45) is 0 Å². The summed E-state index contributed by atoms with van der Waals surface area (Å²) in [7, 11) is 0. The Kier molecular flexibility index (Phi) is 4.82. The predicted molar refractivity (Wildman–Crippen MR) is 98.9 cm³/mol. The molecule has 26 heavy (non-hydrogen) atoms. The van der Waals surface area contributed by atoms with Crippen LogP contribution in [0, 0.1) is 12.4 Å². The molecule has 6 heteroatoms. The van der Waals surface area contributed by atoms with E-state index in [2.05, 4.69) is 4.85 Å². The molecular weight excluding hydrogens is 355 g/mol. The zero-order valence-electron chi connectivity index (χ0n) is 14.0. The van der Waals surface area contributed by atoms with Crippen LogP contribution >= 0.6 is 11.6 Å². The van der Waals surface area contributed by atoms with Crippen LogP contribution in [-0.4, -0.2) is 21.1 Å². The van der Waals surface area contributed by atoms with Gasteiger partial charge in [-0.05, 0) is 36.8 Å². The molecule has 132 valence electrons. The molecule has 0 aliphatic carbocycles. The average molecular weight is 371 g/mol. The zero-order chi connectivity index (χ0) is 18.9. The van der Waals surface area contributed by atoms with E-state index in [4.69, 9.17) is 18.2 Å². The number of aromatic nitrogens is 1. The minimum absolute atomic E-state index is 0.00116. The Morgan fingerprint density at radius 3 is 2.77 bits per heavy atom. The van der Waals surface area contributed by atoms with Gasteiger partial charge >= 0.3 is 0 Å². The number of fused-ring (bicyclic) bond motifs is 1. The Labute approximate surface area is 155 Å². The van der Waals surface area contributed by atoms with Crippen molar-refractivity contribution in [2.45, 2.75) is 25.5 Å². The summed E-state index contributed by atoms with van der Waals surface area (Å²) in [6, 6.07) is 10.9. The molecule has 0 aliphatic heterocycles. The van der Waals surface area contributed by atoms with Gasteiger partial charge in [0.15, 0.2) is 5.78 Å². The van der Waals surface area contributed by atoms with E-state index in [1.54, 1.807) is 41.1 Å². The number of carbonyl (C=O) groups excluding carboxylic acids is 1. The smallest absolute Gasteiger partial charge is 0.205 e. The normalized spacial score (nSPS) is 13.3. The highest BCUT2D eigenvalue weighted by atomic mass is 35.5. The first-order valence-corrected chi connectivity index (χ1v) is 8.34. The third-order valence-electron chi connectivity index (χ3n) is 4.31. The van der Waals surface area contributed by atoms with E-state index in [0.29, 0.717) is 16.6 Å². The molecule has 1 aromatic heterocycles. The number of hydrogen-bond donors (Lipinski definition) is 1. The number of aliphatic hydroxyl groups is 1. The molecular formula is C20H16ClFN2O2. The second-order valence-corrected chi connectivity index (χ2v) is 6.83. The van der Waals surface area contributed by atoms with Gasteiger partial charge in [-0.3, -0.25) is 4.79 Å². The van der Waals surface area contributed by atoms with E-state index >= 15 is 0 Å². The molecule has 0 saturated heterocycles. The molecule has 0 saturated carbocycles. The number of halogens is 2. The van der Waals surface area contributed by atoms with E-state index in [0.717, 1.165) is 5.52 Å². The number of Topliss-reactive ketones (excluding diaryl/α,β-unsaturated/α-hetero) is 1. The first-order chi connectivity index (χ1) is 12.3. The molecule has 1 atom stereocenters. The Morgan fingerprint density at radius 2 is 2.08 bits per heavy atom. The quantitative estimate of drug-likeness (QED) is 0.670. The number of ketones is 1. The fraction of sp³-hybridized carbons (Fsp3) is 0.200. The molecule has 1 N–H and O–H groups in total.